The molecule has 1 amide bonds. The molecule has 30 heavy (non-hydrogen) atoms. The van der Waals surface area contributed by atoms with Crippen molar-refractivity contribution in [2.75, 3.05) is 38.2 Å². The number of anilines is 1. The van der Waals surface area contributed by atoms with Crippen LogP contribution in [0.5, 0.6) is 11.5 Å². The zero-order chi connectivity index (χ0) is 21.9. The van der Waals surface area contributed by atoms with Crippen molar-refractivity contribution in [1.82, 2.24) is 9.62 Å². The average molecular weight is 437 g/mol. The first-order valence-corrected chi connectivity index (χ1v) is 10.7. The summed E-state index contributed by atoms with van der Waals surface area (Å²) >= 11 is 0. The monoisotopic (exact) mass is 437 g/mol. The highest BCUT2D eigenvalue weighted by Gasteiger charge is 2.28. The van der Waals surface area contributed by atoms with Crippen molar-refractivity contribution in [3.63, 3.8) is 0 Å². The Labute approximate surface area is 175 Å². The van der Waals surface area contributed by atoms with Gasteiger partial charge in [-0.05, 0) is 48.9 Å². The van der Waals surface area contributed by atoms with E-state index in [-0.39, 0.29) is 5.69 Å². The van der Waals surface area contributed by atoms with E-state index in [4.69, 9.17) is 9.47 Å². The number of benzene rings is 2. The number of hydrogen-bond acceptors (Lipinski definition) is 5. The van der Waals surface area contributed by atoms with Gasteiger partial charge in [0.05, 0.1) is 11.7 Å². The van der Waals surface area contributed by atoms with E-state index in [0.717, 1.165) is 26.3 Å². The number of ether oxygens (including phenoxy) is 2. The van der Waals surface area contributed by atoms with Gasteiger partial charge in [-0.15, -0.1) is 0 Å². The number of nitrogens with one attached hydrogen (secondary N) is 1. The van der Waals surface area contributed by atoms with Crippen molar-refractivity contribution < 1.29 is 27.1 Å². The highest BCUT2D eigenvalue weighted by atomic mass is 32.2. The van der Waals surface area contributed by atoms with E-state index < -0.39 is 34.5 Å². The second-order valence-electron chi connectivity index (χ2n) is 6.97. The van der Waals surface area contributed by atoms with E-state index in [1.165, 1.54) is 26.2 Å². The summed E-state index contributed by atoms with van der Waals surface area (Å²) in [7, 11) is -1.24. The second-order valence-corrected chi connectivity index (χ2v) is 9.03. The summed E-state index contributed by atoms with van der Waals surface area (Å²) in [5.74, 6) is 0.232. The zero-order valence-electron chi connectivity index (χ0n) is 17.0. The Hall–Kier alpha value is -2.85. The third-order valence-corrected chi connectivity index (χ3v) is 6.41. The quantitative estimate of drug-likeness (QED) is 0.717. The Morgan fingerprint density at radius 1 is 1.10 bits per heavy atom. The summed E-state index contributed by atoms with van der Waals surface area (Å²) in [5, 5.41) is 2.79. The molecule has 2 aromatic carbocycles. The standard InChI is InChI=1S/C20H24FN3O5S/c1-14(15-4-9-18-19(12-15)29-11-10-28-18)22-20(25)13-24(30(26,27)23(2)3)17-7-5-16(21)6-8-17/h4-9,12,14H,10-11,13H2,1-3H3,(H,22,25)/t14-/m1/s1. The molecule has 8 nitrogen and oxygen atoms in total. The molecule has 1 aliphatic heterocycles. The predicted octanol–water partition coefficient (Wildman–Crippen LogP) is 2.09. The first-order chi connectivity index (χ1) is 14.2. The molecule has 0 spiro atoms. The lowest BCUT2D eigenvalue weighted by Gasteiger charge is -2.27. The van der Waals surface area contributed by atoms with Gasteiger partial charge in [0.15, 0.2) is 11.5 Å². The SMILES string of the molecule is C[C@@H](NC(=O)CN(c1ccc(F)cc1)S(=O)(=O)N(C)C)c1ccc2c(c1)OCCO2. The highest BCUT2D eigenvalue weighted by molar-refractivity contribution is 7.90. The van der Waals surface area contributed by atoms with Crippen LogP contribution in [0.1, 0.15) is 18.5 Å². The number of hydrogen-bond donors (Lipinski definition) is 1. The molecule has 0 fully saturated rings. The van der Waals surface area contributed by atoms with Crippen molar-refractivity contribution in [3.05, 3.63) is 53.8 Å². The van der Waals surface area contributed by atoms with Gasteiger partial charge >= 0.3 is 10.2 Å². The van der Waals surface area contributed by atoms with E-state index in [2.05, 4.69) is 5.32 Å². The van der Waals surface area contributed by atoms with Crippen molar-refractivity contribution in [1.29, 1.82) is 0 Å². The largest absolute Gasteiger partial charge is 0.486 e. The van der Waals surface area contributed by atoms with Gasteiger partial charge in [0.2, 0.25) is 5.91 Å². The maximum Gasteiger partial charge on any atom is 0.304 e. The van der Waals surface area contributed by atoms with Crippen molar-refractivity contribution in [2.24, 2.45) is 0 Å². The normalized spacial score (nSPS) is 14.3. The molecule has 10 heteroatoms. The number of carbonyl (C=O) groups is 1. The van der Waals surface area contributed by atoms with Crippen molar-refractivity contribution in [3.8, 4) is 11.5 Å². The minimum Gasteiger partial charge on any atom is -0.486 e. The molecule has 3 rings (SSSR count). The number of amides is 1. The van der Waals surface area contributed by atoms with E-state index in [9.17, 15) is 17.6 Å². The Morgan fingerprint density at radius 3 is 2.37 bits per heavy atom. The van der Waals surface area contributed by atoms with Crippen LogP contribution < -0.4 is 19.1 Å². The summed E-state index contributed by atoms with van der Waals surface area (Å²) in [6.07, 6.45) is 0. The lowest BCUT2D eigenvalue weighted by atomic mass is 10.1. The molecule has 1 N–H and O–H groups in total. The summed E-state index contributed by atoms with van der Waals surface area (Å²) in [6.45, 7) is 2.26. The Bertz CT molecular complexity index is 1010. The van der Waals surface area contributed by atoms with Crippen molar-refractivity contribution >= 4 is 21.8 Å². The minimum absolute atomic E-state index is 0.187. The third kappa shape index (κ3) is 4.82. The molecule has 0 bridgehead atoms. The van der Waals surface area contributed by atoms with Gasteiger partial charge in [0.25, 0.3) is 0 Å². The van der Waals surface area contributed by atoms with Gasteiger partial charge in [0.1, 0.15) is 25.6 Å². The second kappa shape index (κ2) is 8.88. The van der Waals surface area contributed by atoms with Crippen LogP contribution in [0.3, 0.4) is 0 Å². The summed E-state index contributed by atoms with van der Waals surface area (Å²) in [4.78, 5) is 12.7. The van der Waals surface area contributed by atoms with Crippen LogP contribution in [0.25, 0.3) is 0 Å². The van der Waals surface area contributed by atoms with Gasteiger partial charge in [-0.25, -0.2) is 8.70 Å². The van der Waals surface area contributed by atoms with E-state index in [0.29, 0.717) is 24.7 Å². The average Bonchev–Trinajstić information content (AvgIpc) is 2.72. The molecule has 1 aliphatic rings. The lowest BCUT2D eigenvalue weighted by Crippen LogP contribution is -2.46. The summed E-state index contributed by atoms with van der Waals surface area (Å²) in [5.41, 5.74) is 0.976. The molecule has 0 unspecified atom stereocenters. The van der Waals surface area contributed by atoms with Gasteiger partial charge in [-0.3, -0.25) is 4.79 Å². The van der Waals surface area contributed by atoms with Crippen LogP contribution in [0.4, 0.5) is 10.1 Å². The maximum absolute atomic E-state index is 13.3. The third-order valence-electron chi connectivity index (χ3n) is 4.59. The van der Waals surface area contributed by atoms with Crippen LogP contribution in [-0.2, 0) is 15.0 Å². The predicted molar refractivity (Wildman–Crippen MR) is 110 cm³/mol. The molecule has 1 atom stereocenters. The summed E-state index contributed by atoms with van der Waals surface area (Å²) < 4.78 is 51.7. The molecule has 1 heterocycles. The fourth-order valence-corrected chi connectivity index (χ4v) is 4.00. The molecule has 0 saturated heterocycles. The van der Waals surface area contributed by atoms with E-state index >= 15 is 0 Å². The van der Waals surface area contributed by atoms with Crippen LogP contribution in [0.15, 0.2) is 42.5 Å². The van der Waals surface area contributed by atoms with Crippen molar-refractivity contribution in [2.45, 2.75) is 13.0 Å². The molecule has 162 valence electrons. The molecule has 0 aliphatic carbocycles. The lowest BCUT2D eigenvalue weighted by molar-refractivity contribution is -0.120. The fourth-order valence-electron chi connectivity index (χ4n) is 2.94. The smallest absolute Gasteiger partial charge is 0.304 e. The number of rotatable bonds is 7. The number of halogens is 1. The molecule has 0 aromatic heterocycles. The van der Waals surface area contributed by atoms with Gasteiger partial charge in [-0.1, -0.05) is 6.07 Å². The van der Waals surface area contributed by atoms with E-state index in [1.54, 1.807) is 19.1 Å². The summed E-state index contributed by atoms with van der Waals surface area (Å²) in [6, 6.07) is 9.88. The first-order valence-electron chi connectivity index (χ1n) is 9.33. The molecular weight excluding hydrogens is 413 g/mol. The highest BCUT2D eigenvalue weighted by Crippen LogP contribution is 2.32. The van der Waals surface area contributed by atoms with Gasteiger partial charge < -0.3 is 14.8 Å². The number of fused-ring (bicyclic) bond motifs is 1. The van der Waals surface area contributed by atoms with Crippen LogP contribution in [0.2, 0.25) is 0 Å². The molecule has 0 saturated carbocycles. The van der Waals surface area contributed by atoms with Crippen LogP contribution in [0, 0.1) is 5.82 Å². The Kier molecular flexibility index (Phi) is 6.47. The van der Waals surface area contributed by atoms with Crippen LogP contribution >= 0.6 is 0 Å². The Balaban J connectivity index is 1.76. The number of nitrogens with zero attached hydrogens (tertiary/aromatic N) is 2. The molecular formula is C20H24FN3O5S. The van der Waals surface area contributed by atoms with Crippen LogP contribution in [-0.4, -0.2) is 52.5 Å². The van der Waals surface area contributed by atoms with Gasteiger partial charge in [0, 0.05) is 14.1 Å². The topological polar surface area (TPSA) is 88.2 Å². The number of carbonyl (C=O) groups excluding carboxylic acids is 1. The minimum atomic E-state index is -3.97. The fraction of sp³-hybridized carbons (Fsp3) is 0.350. The Morgan fingerprint density at radius 2 is 1.73 bits per heavy atom. The maximum atomic E-state index is 13.3. The molecule has 2 aromatic rings. The van der Waals surface area contributed by atoms with Gasteiger partial charge in [-0.2, -0.15) is 12.7 Å². The van der Waals surface area contributed by atoms with E-state index in [1.807, 2.05) is 6.07 Å². The molecule has 0 radical (unpaired) electrons. The zero-order valence-corrected chi connectivity index (χ0v) is 17.8. The first kappa shape index (κ1) is 21.8.